The normalized spacial score (nSPS) is 18.7. The number of amides is 1. The van der Waals surface area contributed by atoms with Crippen LogP contribution in [0.25, 0.3) is 0 Å². The third kappa shape index (κ3) is 2.86. The van der Waals surface area contributed by atoms with E-state index in [0.29, 0.717) is 36.8 Å². The number of nitrogens with one attached hydrogen (secondary N) is 2. The summed E-state index contributed by atoms with van der Waals surface area (Å²) in [5.74, 6) is -0.290. The highest BCUT2D eigenvalue weighted by Crippen LogP contribution is 2.48. The number of rotatable bonds is 3. The van der Waals surface area contributed by atoms with E-state index in [0.717, 1.165) is 18.4 Å². The number of nitrogens with zero attached hydrogens (tertiary/aromatic N) is 2. The number of anilines is 2. The molecule has 1 saturated heterocycles. The van der Waals surface area contributed by atoms with Gasteiger partial charge in [0.1, 0.15) is 5.69 Å². The summed E-state index contributed by atoms with van der Waals surface area (Å²) in [4.78, 5) is 12.3. The Balaban J connectivity index is 1.72. The molecule has 0 radical (unpaired) electrons. The number of fused-ring (bicyclic) bond motifs is 2. The van der Waals surface area contributed by atoms with Crippen molar-refractivity contribution in [1.29, 1.82) is 0 Å². The van der Waals surface area contributed by atoms with E-state index in [2.05, 4.69) is 15.5 Å². The van der Waals surface area contributed by atoms with Crippen LogP contribution in [0.15, 0.2) is 30.5 Å². The number of carbonyl (C=O) groups is 1. The Kier molecular flexibility index (Phi) is 4.00. The molecule has 2 N–H and O–H groups in total. The maximum absolute atomic E-state index is 12.3. The van der Waals surface area contributed by atoms with Crippen LogP contribution in [0, 0.1) is 0 Å². The first-order valence-corrected chi connectivity index (χ1v) is 10.2. The minimum absolute atomic E-state index is 0.272. The van der Waals surface area contributed by atoms with E-state index in [1.165, 1.54) is 16.8 Å². The van der Waals surface area contributed by atoms with Crippen molar-refractivity contribution in [3.63, 3.8) is 0 Å². The largest absolute Gasteiger partial charge is 0.381 e. The molecule has 0 aliphatic carbocycles. The fraction of sp³-hybridized carbons (Fsp3) is 0.412. The van der Waals surface area contributed by atoms with Crippen molar-refractivity contribution in [3.8, 4) is 0 Å². The highest BCUT2D eigenvalue weighted by atomic mass is 32.2. The molecule has 9 heteroatoms. The van der Waals surface area contributed by atoms with Gasteiger partial charge in [-0.2, -0.15) is 5.10 Å². The van der Waals surface area contributed by atoms with Crippen LogP contribution >= 0.6 is 0 Å². The van der Waals surface area contributed by atoms with Gasteiger partial charge in [-0.25, -0.2) is 8.42 Å². The molecule has 1 amide bonds. The Labute approximate surface area is 151 Å². The molecule has 2 aliphatic rings. The van der Waals surface area contributed by atoms with Crippen LogP contribution in [-0.2, 0) is 20.2 Å². The summed E-state index contributed by atoms with van der Waals surface area (Å²) in [6, 6.07) is 6.97. The van der Waals surface area contributed by atoms with Crippen LogP contribution in [0.1, 0.15) is 28.9 Å². The first-order chi connectivity index (χ1) is 12.4. The first-order valence-electron chi connectivity index (χ1n) is 8.40. The number of ether oxygens (including phenoxy) is 1. The van der Waals surface area contributed by atoms with Crippen molar-refractivity contribution >= 4 is 27.3 Å². The third-order valence-electron chi connectivity index (χ3n) is 5.14. The predicted octanol–water partition coefficient (Wildman–Crippen LogP) is 1.49. The van der Waals surface area contributed by atoms with Crippen LogP contribution in [0.3, 0.4) is 0 Å². The van der Waals surface area contributed by atoms with E-state index >= 15 is 0 Å². The molecule has 1 aromatic carbocycles. The fourth-order valence-corrected chi connectivity index (χ4v) is 4.77. The van der Waals surface area contributed by atoms with Crippen LogP contribution in [0.2, 0.25) is 0 Å². The summed E-state index contributed by atoms with van der Waals surface area (Å²) in [6.07, 6.45) is 4.25. The van der Waals surface area contributed by atoms with Crippen LogP contribution in [0.5, 0.6) is 0 Å². The molecular formula is C17H20N4O4S. The van der Waals surface area contributed by atoms with Crippen LogP contribution in [-0.4, -0.2) is 50.5 Å². The number of sulfonamides is 1. The SMILES string of the molecule is CS(=O)(=O)N1CC2(CCOCC2)c2cc(NC(=O)c3ccn[nH]3)ccc21. The van der Waals surface area contributed by atoms with Gasteiger partial charge in [0.05, 0.1) is 11.9 Å². The Hall–Kier alpha value is -2.39. The first kappa shape index (κ1) is 17.0. The third-order valence-corrected chi connectivity index (χ3v) is 6.26. The molecule has 0 atom stereocenters. The molecule has 2 aromatic rings. The minimum atomic E-state index is -3.37. The Morgan fingerprint density at radius 1 is 1.31 bits per heavy atom. The zero-order chi connectivity index (χ0) is 18.4. The molecule has 8 nitrogen and oxygen atoms in total. The molecule has 0 saturated carbocycles. The maximum atomic E-state index is 12.3. The van der Waals surface area contributed by atoms with Crippen LogP contribution < -0.4 is 9.62 Å². The van der Waals surface area contributed by atoms with Gasteiger partial charge in [-0.15, -0.1) is 0 Å². The van der Waals surface area contributed by atoms with E-state index in [1.807, 2.05) is 6.07 Å². The van der Waals surface area contributed by atoms with Gasteiger partial charge < -0.3 is 10.1 Å². The molecular weight excluding hydrogens is 356 g/mol. The van der Waals surface area contributed by atoms with E-state index in [9.17, 15) is 13.2 Å². The maximum Gasteiger partial charge on any atom is 0.273 e. The molecule has 138 valence electrons. The number of aromatic amines is 1. The molecule has 2 aliphatic heterocycles. The van der Waals surface area contributed by atoms with E-state index in [-0.39, 0.29) is 11.3 Å². The van der Waals surface area contributed by atoms with Crippen molar-refractivity contribution in [3.05, 3.63) is 41.7 Å². The second kappa shape index (κ2) is 6.10. The summed E-state index contributed by atoms with van der Waals surface area (Å²) in [5, 5.41) is 9.24. The lowest BCUT2D eigenvalue weighted by Gasteiger charge is -2.34. The number of hydrogen-bond acceptors (Lipinski definition) is 5. The zero-order valence-corrected chi connectivity index (χ0v) is 15.2. The lowest BCUT2D eigenvalue weighted by Crippen LogP contribution is -2.40. The van der Waals surface area contributed by atoms with Crippen molar-refractivity contribution in [2.45, 2.75) is 18.3 Å². The summed E-state index contributed by atoms with van der Waals surface area (Å²) in [6.45, 7) is 1.62. The number of H-pyrrole nitrogens is 1. The molecule has 26 heavy (non-hydrogen) atoms. The van der Waals surface area contributed by atoms with Gasteiger partial charge in [-0.3, -0.25) is 14.2 Å². The molecule has 1 spiro atoms. The predicted molar refractivity (Wildman–Crippen MR) is 96.9 cm³/mol. The summed E-state index contributed by atoms with van der Waals surface area (Å²) in [5.41, 5.74) is 2.36. The average molecular weight is 376 g/mol. The molecule has 3 heterocycles. The van der Waals surface area contributed by atoms with E-state index < -0.39 is 10.0 Å². The number of carbonyl (C=O) groups excluding carboxylic acids is 1. The Morgan fingerprint density at radius 3 is 2.73 bits per heavy atom. The topological polar surface area (TPSA) is 104 Å². The second-order valence-electron chi connectivity index (χ2n) is 6.82. The monoisotopic (exact) mass is 376 g/mol. The molecule has 0 bridgehead atoms. The van der Waals surface area contributed by atoms with Gasteiger partial charge in [0.15, 0.2) is 0 Å². The molecule has 1 aromatic heterocycles. The van der Waals surface area contributed by atoms with E-state index in [4.69, 9.17) is 4.74 Å². The van der Waals surface area contributed by atoms with Crippen molar-refractivity contribution < 1.29 is 17.9 Å². The quantitative estimate of drug-likeness (QED) is 0.845. The molecule has 1 fully saturated rings. The highest BCUT2D eigenvalue weighted by molar-refractivity contribution is 7.92. The summed E-state index contributed by atoms with van der Waals surface area (Å²) in [7, 11) is -3.37. The number of benzene rings is 1. The van der Waals surface area contributed by atoms with E-state index in [1.54, 1.807) is 18.2 Å². The van der Waals surface area contributed by atoms with Crippen molar-refractivity contribution in [2.75, 3.05) is 35.6 Å². The van der Waals surface area contributed by atoms with Gasteiger partial charge >= 0.3 is 0 Å². The van der Waals surface area contributed by atoms with Gasteiger partial charge in [0, 0.05) is 37.1 Å². The van der Waals surface area contributed by atoms with Gasteiger partial charge in [0.2, 0.25) is 10.0 Å². The lowest BCUT2D eigenvalue weighted by atomic mass is 9.76. The second-order valence-corrected chi connectivity index (χ2v) is 8.73. The zero-order valence-electron chi connectivity index (χ0n) is 14.4. The van der Waals surface area contributed by atoms with Gasteiger partial charge in [-0.05, 0) is 42.7 Å². The lowest BCUT2D eigenvalue weighted by molar-refractivity contribution is 0.0560. The Bertz CT molecular complexity index is 934. The Morgan fingerprint density at radius 2 is 2.08 bits per heavy atom. The van der Waals surface area contributed by atoms with Crippen LogP contribution in [0.4, 0.5) is 11.4 Å². The standard InChI is InChI=1S/C17H20N4O4S/c1-26(23,24)21-11-17(5-8-25-9-6-17)13-10-12(2-3-15(13)21)19-16(22)14-4-7-18-20-14/h2-4,7,10H,5-6,8-9,11H2,1H3,(H,18,20)(H,19,22). The molecule has 0 unspecified atom stereocenters. The summed E-state index contributed by atoms with van der Waals surface area (Å²) >= 11 is 0. The number of aromatic nitrogens is 2. The van der Waals surface area contributed by atoms with Crippen molar-refractivity contribution in [1.82, 2.24) is 10.2 Å². The summed E-state index contributed by atoms with van der Waals surface area (Å²) < 4.78 is 31.5. The average Bonchev–Trinajstić information content (AvgIpc) is 3.23. The smallest absolute Gasteiger partial charge is 0.273 e. The minimum Gasteiger partial charge on any atom is -0.381 e. The van der Waals surface area contributed by atoms with Gasteiger partial charge in [0.25, 0.3) is 5.91 Å². The van der Waals surface area contributed by atoms with Crippen molar-refractivity contribution in [2.24, 2.45) is 0 Å². The highest BCUT2D eigenvalue weighted by Gasteiger charge is 2.46. The van der Waals surface area contributed by atoms with Gasteiger partial charge in [-0.1, -0.05) is 0 Å². The fourth-order valence-electron chi connectivity index (χ4n) is 3.77. The molecule has 4 rings (SSSR count). The number of hydrogen-bond donors (Lipinski definition) is 2.